The number of hydrogen-bond donors (Lipinski definition) is 1. The Hall–Kier alpha value is -1.76. The summed E-state index contributed by atoms with van der Waals surface area (Å²) in [5.41, 5.74) is 6.12. The van der Waals surface area contributed by atoms with Crippen LogP contribution in [0.2, 0.25) is 0 Å². The Balaban J connectivity index is 2.04. The third kappa shape index (κ3) is 3.86. The summed E-state index contributed by atoms with van der Waals surface area (Å²) in [4.78, 5) is 13.8. The van der Waals surface area contributed by atoms with Gasteiger partial charge in [0.15, 0.2) is 0 Å². The number of halogens is 3. The molecular formula is C13H15F3N2O2. The fourth-order valence-electron chi connectivity index (χ4n) is 2.18. The van der Waals surface area contributed by atoms with Crippen molar-refractivity contribution in [1.82, 2.24) is 4.90 Å². The maximum absolute atomic E-state index is 12.1. The molecule has 0 radical (unpaired) electrons. The van der Waals surface area contributed by atoms with Gasteiger partial charge in [-0.15, -0.1) is 13.2 Å². The number of rotatable bonds is 2. The smallest absolute Gasteiger partial charge is 0.406 e. The van der Waals surface area contributed by atoms with Crippen LogP contribution in [0.1, 0.15) is 23.2 Å². The highest BCUT2D eigenvalue weighted by Gasteiger charge is 2.31. The molecule has 0 bridgehead atoms. The zero-order valence-corrected chi connectivity index (χ0v) is 10.7. The van der Waals surface area contributed by atoms with Gasteiger partial charge in [0, 0.05) is 24.7 Å². The number of hydrogen-bond acceptors (Lipinski definition) is 3. The monoisotopic (exact) mass is 288 g/mol. The maximum atomic E-state index is 12.1. The van der Waals surface area contributed by atoms with Crippen molar-refractivity contribution >= 4 is 5.91 Å². The molecule has 1 aliphatic heterocycles. The minimum Gasteiger partial charge on any atom is -0.406 e. The van der Waals surface area contributed by atoms with Crippen molar-refractivity contribution in [1.29, 1.82) is 0 Å². The van der Waals surface area contributed by atoms with E-state index < -0.39 is 6.36 Å². The van der Waals surface area contributed by atoms with Crippen LogP contribution in [0.5, 0.6) is 5.75 Å². The van der Waals surface area contributed by atoms with Gasteiger partial charge in [-0.3, -0.25) is 4.79 Å². The van der Waals surface area contributed by atoms with E-state index >= 15 is 0 Å². The van der Waals surface area contributed by atoms with Crippen LogP contribution >= 0.6 is 0 Å². The summed E-state index contributed by atoms with van der Waals surface area (Å²) in [5.74, 6) is -0.567. The molecule has 0 unspecified atom stereocenters. The first-order valence-corrected chi connectivity index (χ1v) is 6.26. The van der Waals surface area contributed by atoms with Crippen LogP contribution in [0.15, 0.2) is 24.3 Å². The van der Waals surface area contributed by atoms with Crippen LogP contribution in [0.3, 0.4) is 0 Å². The molecule has 0 spiro atoms. The topological polar surface area (TPSA) is 55.6 Å². The number of amides is 1. The Bertz CT molecular complexity index is 473. The molecule has 2 rings (SSSR count). The summed E-state index contributed by atoms with van der Waals surface area (Å²) < 4.78 is 39.8. The second-order valence-electron chi connectivity index (χ2n) is 4.73. The number of ether oxygens (including phenoxy) is 1. The van der Waals surface area contributed by atoms with Crippen molar-refractivity contribution in [3.8, 4) is 5.75 Å². The van der Waals surface area contributed by atoms with Crippen molar-refractivity contribution in [3.05, 3.63) is 29.8 Å². The SMILES string of the molecule is N[C@@H]1CCCN(C(=O)c2ccc(OC(F)(F)F)cc2)C1. The number of likely N-dealkylation sites (tertiary alicyclic amines) is 1. The predicted molar refractivity (Wildman–Crippen MR) is 66.2 cm³/mol. The van der Waals surface area contributed by atoms with E-state index in [-0.39, 0.29) is 17.7 Å². The van der Waals surface area contributed by atoms with Gasteiger partial charge in [0.1, 0.15) is 5.75 Å². The van der Waals surface area contributed by atoms with Crippen LogP contribution in [0.4, 0.5) is 13.2 Å². The molecule has 1 fully saturated rings. The molecule has 1 atom stereocenters. The number of carbonyl (C=O) groups excluding carboxylic acids is 1. The summed E-state index contributed by atoms with van der Waals surface area (Å²) in [6.07, 6.45) is -3.02. The van der Waals surface area contributed by atoms with E-state index in [2.05, 4.69) is 4.74 Å². The van der Waals surface area contributed by atoms with Crippen molar-refractivity contribution in [2.45, 2.75) is 25.2 Å². The summed E-state index contributed by atoms with van der Waals surface area (Å²) >= 11 is 0. The number of nitrogens with zero attached hydrogens (tertiary/aromatic N) is 1. The Morgan fingerprint density at radius 1 is 1.30 bits per heavy atom. The number of benzene rings is 1. The maximum Gasteiger partial charge on any atom is 0.573 e. The van der Waals surface area contributed by atoms with Gasteiger partial charge >= 0.3 is 6.36 Å². The molecule has 1 amide bonds. The standard InChI is InChI=1S/C13H15F3N2O2/c14-13(15,16)20-11-5-3-9(4-6-11)12(19)18-7-1-2-10(17)8-18/h3-6,10H,1-2,7-8,17H2/t10-/m1/s1. The first-order chi connectivity index (χ1) is 9.35. The number of carbonyl (C=O) groups is 1. The second-order valence-corrected chi connectivity index (χ2v) is 4.73. The lowest BCUT2D eigenvalue weighted by atomic mass is 10.1. The molecule has 20 heavy (non-hydrogen) atoms. The number of alkyl halides is 3. The molecule has 0 saturated carbocycles. The summed E-state index contributed by atoms with van der Waals surface area (Å²) in [5, 5.41) is 0. The molecule has 1 aromatic carbocycles. The third-order valence-electron chi connectivity index (χ3n) is 3.08. The molecule has 4 nitrogen and oxygen atoms in total. The van der Waals surface area contributed by atoms with E-state index in [0.717, 1.165) is 25.0 Å². The Morgan fingerprint density at radius 2 is 1.95 bits per heavy atom. The molecule has 0 aromatic heterocycles. The van der Waals surface area contributed by atoms with E-state index in [4.69, 9.17) is 5.73 Å². The summed E-state index contributed by atoms with van der Waals surface area (Å²) in [6.45, 7) is 1.09. The van der Waals surface area contributed by atoms with Gasteiger partial charge in [-0.2, -0.15) is 0 Å². The van der Waals surface area contributed by atoms with E-state index in [1.807, 2.05) is 0 Å². The Kier molecular flexibility index (Phi) is 4.17. The lowest BCUT2D eigenvalue weighted by molar-refractivity contribution is -0.274. The van der Waals surface area contributed by atoms with Gasteiger partial charge < -0.3 is 15.4 Å². The average Bonchev–Trinajstić information content (AvgIpc) is 2.37. The Labute approximate surface area is 114 Å². The molecule has 7 heteroatoms. The zero-order valence-electron chi connectivity index (χ0n) is 10.7. The first kappa shape index (κ1) is 14.6. The van der Waals surface area contributed by atoms with Crippen LogP contribution in [0.25, 0.3) is 0 Å². The van der Waals surface area contributed by atoms with Gasteiger partial charge in [-0.1, -0.05) is 0 Å². The zero-order chi connectivity index (χ0) is 14.8. The average molecular weight is 288 g/mol. The first-order valence-electron chi connectivity index (χ1n) is 6.26. The molecule has 1 aliphatic rings. The van der Waals surface area contributed by atoms with Crippen LogP contribution in [-0.2, 0) is 0 Å². The van der Waals surface area contributed by atoms with Crippen molar-refractivity contribution in [2.75, 3.05) is 13.1 Å². The number of nitrogens with two attached hydrogens (primary N) is 1. The van der Waals surface area contributed by atoms with E-state index in [9.17, 15) is 18.0 Å². The van der Waals surface area contributed by atoms with Gasteiger partial charge in [0.05, 0.1) is 0 Å². The lowest BCUT2D eigenvalue weighted by Crippen LogP contribution is -2.45. The minimum absolute atomic E-state index is 0.0412. The van der Waals surface area contributed by atoms with E-state index in [1.54, 1.807) is 4.90 Å². The largest absolute Gasteiger partial charge is 0.573 e. The molecule has 110 valence electrons. The fourth-order valence-corrected chi connectivity index (χ4v) is 2.18. The van der Waals surface area contributed by atoms with Gasteiger partial charge in [-0.25, -0.2) is 0 Å². The van der Waals surface area contributed by atoms with Crippen LogP contribution in [-0.4, -0.2) is 36.3 Å². The van der Waals surface area contributed by atoms with E-state index in [1.165, 1.54) is 12.1 Å². The summed E-state index contributed by atoms with van der Waals surface area (Å²) in [7, 11) is 0. The molecule has 1 heterocycles. The van der Waals surface area contributed by atoms with Gasteiger partial charge in [-0.05, 0) is 37.1 Å². The highest BCUT2D eigenvalue weighted by atomic mass is 19.4. The molecular weight excluding hydrogens is 273 g/mol. The highest BCUT2D eigenvalue weighted by Crippen LogP contribution is 2.23. The van der Waals surface area contributed by atoms with E-state index in [0.29, 0.717) is 18.7 Å². The van der Waals surface area contributed by atoms with Crippen molar-refractivity contribution < 1.29 is 22.7 Å². The fraction of sp³-hybridized carbons (Fsp3) is 0.462. The normalized spacial score (nSPS) is 19.8. The minimum atomic E-state index is -4.73. The van der Waals surface area contributed by atoms with Crippen molar-refractivity contribution in [2.24, 2.45) is 5.73 Å². The highest BCUT2D eigenvalue weighted by molar-refractivity contribution is 5.94. The predicted octanol–water partition coefficient (Wildman–Crippen LogP) is 2.15. The number of piperidine rings is 1. The molecule has 0 aliphatic carbocycles. The second kappa shape index (κ2) is 5.70. The summed E-state index contributed by atoms with van der Waals surface area (Å²) in [6, 6.07) is 4.86. The third-order valence-corrected chi connectivity index (χ3v) is 3.08. The van der Waals surface area contributed by atoms with Crippen molar-refractivity contribution in [3.63, 3.8) is 0 Å². The van der Waals surface area contributed by atoms with Gasteiger partial charge in [0.2, 0.25) is 0 Å². The molecule has 1 aromatic rings. The lowest BCUT2D eigenvalue weighted by Gasteiger charge is -2.30. The van der Waals surface area contributed by atoms with Crippen LogP contribution in [0, 0.1) is 0 Å². The van der Waals surface area contributed by atoms with Crippen LogP contribution < -0.4 is 10.5 Å². The van der Waals surface area contributed by atoms with Gasteiger partial charge in [0.25, 0.3) is 5.91 Å². The molecule has 1 saturated heterocycles. The quantitative estimate of drug-likeness (QED) is 0.907. The molecule has 2 N–H and O–H groups in total. The Morgan fingerprint density at radius 3 is 2.50 bits per heavy atom.